The molecule has 3 aliphatic rings. The average Bonchev–Trinajstić information content (AvgIpc) is 2.83. The topological polar surface area (TPSA) is 98.7 Å². The number of para-hydroxylation sites is 1. The molecule has 0 bridgehead atoms. The van der Waals surface area contributed by atoms with E-state index in [1.54, 1.807) is 24.3 Å². The number of hydrogen-bond donors (Lipinski definition) is 3. The second-order valence-corrected chi connectivity index (χ2v) is 12.1. The molecule has 36 heavy (non-hydrogen) atoms. The third-order valence-electron chi connectivity index (χ3n) is 8.18. The van der Waals surface area contributed by atoms with Gasteiger partial charge in [0.15, 0.2) is 0 Å². The summed E-state index contributed by atoms with van der Waals surface area (Å²) < 4.78 is 29.5. The molecule has 8 heteroatoms. The second kappa shape index (κ2) is 10.8. The molecule has 1 unspecified atom stereocenters. The van der Waals surface area contributed by atoms with Crippen molar-refractivity contribution in [3.05, 3.63) is 53.1 Å². The number of aromatic carboxylic acids is 1. The molecule has 0 amide bonds. The van der Waals surface area contributed by atoms with Crippen LogP contribution in [0.5, 0.6) is 0 Å². The minimum absolute atomic E-state index is 0.0783. The van der Waals surface area contributed by atoms with Gasteiger partial charge in [-0.25, -0.2) is 13.2 Å². The number of aryl methyl sites for hydroxylation is 1. The standard InChI is InChI=1S/C28H37N3O4S/c32-28(33)27-23-12-2-1-8-20(23)15-16-25(27)30-36(34,35)26-14-4-3-13-24(26)29-18-17-22-9-5-6-19-31(22)21-10-7-11-21/h3-4,13-16,21-22,29-30H,1-2,5-12,17-19H2,(H,32,33). The van der Waals surface area contributed by atoms with Crippen molar-refractivity contribution in [3.63, 3.8) is 0 Å². The van der Waals surface area contributed by atoms with E-state index in [9.17, 15) is 18.3 Å². The number of carbonyl (C=O) groups is 1. The molecule has 194 valence electrons. The van der Waals surface area contributed by atoms with E-state index in [1.807, 2.05) is 12.1 Å². The SMILES string of the molecule is O=C(O)c1c(NS(=O)(=O)c2ccccc2NCCC2CCCCN2C2CCC2)ccc2c1CCCC2. The number of nitrogens with one attached hydrogen (secondary N) is 2. The summed E-state index contributed by atoms with van der Waals surface area (Å²) in [5, 5.41) is 13.3. The number of carboxylic acid groups (broad SMARTS) is 1. The van der Waals surface area contributed by atoms with Crippen molar-refractivity contribution in [1.29, 1.82) is 0 Å². The third kappa shape index (κ3) is 5.25. The quantitative estimate of drug-likeness (QED) is 0.424. The fourth-order valence-corrected chi connectivity index (χ4v) is 7.37. The van der Waals surface area contributed by atoms with Crippen molar-refractivity contribution in [2.75, 3.05) is 23.1 Å². The zero-order valence-electron chi connectivity index (χ0n) is 20.8. The summed E-state index contributed by atoms with van der Waals surface area (Å²) in [6, 6.07) is 11.6. The summed E-state index contributed by atoms with van der Waals surface area (Å²) in [6.07, 6.45) is 12.1. The number of piperidine rings is 1. The van der Waals surface area contributed by atoms with Gasteiger partial charge in [-0.1, -0.05) is 31.0 Å². The van der Waals surface area contributed by atoms with Crippen LogP contribution in [0.15, 0.2) is 41.3 Å². The molecule has 1 saturated heterocycles. The molecule has 2 aliphatic carbocycles. The molecule has 0 radical (unpaired) electrons. The monoisotopic (exact) mass is 511 g/mol. The van der Waals surface area contributed by atoms with Gasteiger partial charge in [0.25, 0.3) is 10.0 Å². The summed E-state index contributed by atoms with van der Waals surface area (Å²) in [4.78, 5) is 14.9. The van der Waals surface area contributed by atoms with Gasteiger partial charge in [-0.15, -0.1) is 0 Å². The van der Waals surface area contributed by atoms with Crippen LogP contribution in [0.4, 0.5) is 11.4 Å². The van der Waals surface area contributed by atoms with E-state index in [0.29, 0.717) is 24.7 Å². The lowest BCUT2D eigenvalue weighted by molar-refractivity contribution is 0.0493. The van der Waals surface area contributed by atoms with Gasteiger partial charge < -0.3 is 10.4 Å². The number of hydrogen-bond acceptors (Lipinski definition) is 5. The third-order valence-corrected chi connectivity index (χ3v) is 9.60. The van der Waals surface area contributed by atoms with Gasteiger partial charge in [0.05, 0.1) is 16.9 Å². The molecule has 1 aliphatic heterocycles. The molecule has 2 fully saturated rings. The molecular weight excluding hydrogens is 474 g/mol. The predicted octanol–water partition coefficient (Wildman–Crippen LogP) is 5.27. The van der Waals surface area contributed by atoms with Crippen LogP contribution in [0.3, 0.4) is 0 Å². The zero-order chi connectivity index (χ0) is 25.1. The number of likely N-dealkylation sites (tertiary alicyclic amines) is 1. The fourth-order valence-electron chi connectivity index (χ4n) is 6.11. The van der Waals surface area contributed by atoms with Crippen LogP contribution >= 0.6 is 0 Å². The summed E-state index contributed by atoms with van der Waals surface area (Å²) >= 11 is 0. The highest BCUT2D eigenvalue weighted by Crippen LogP contribution is 2.34. The summed E-state index contributed by atoms with van der Waals surface area (Å²) in [5.41, 5.74) is 2.52. The van der Waals surface area contributed by atoms with Crippen molar-refractivity contribution in [1.82, 2.24) is 4.90 Å². The minimum Gasteiger partial charge on any atom is -0.478 e. The van der Waals surface area contributed by atoms with Crippen molar-refractivity contribution in [3.8, 4) is 0 Å². The maximum absolute atomic E-state index is 13.5. The van der Waals surface area contributed by atoms with Crippen molar-refractivity contribution in [2.24, 2.45) is 0 Å². The Morgan fingerprint density at radius 3 is 2.53 bits per heavy atom. The lowest BCUT2D eigenvalue weighted by Crippen LogP contribution is -2.49. The van der Waals surface area contributed by atoms with Gasteiger partial charge in [-0.05, 0) is 93.7 Å². The maximum atomic E-state index is 13.5. The fraction of sp³-hybridized carbons (Fsp3) is 0.536. The molecule has 2 aromatic rings. The Balaban J connectivity index is 1.32. The van der Waals surface area contributed by atoms with Gasteiger partial charge >= 0.3 is 5.97 Å². The van der Waals surface area contributed by atoms with Gasteiger partial charge in [-0.3, -0.25) is 9.62 Å². The van der Waals surface area contributed by atoms with Crippen molar-refractivity contribution in [2.45, 2.75) is 87.6 Å². The normalized spacial score (nSPS) is 20.8. The molecular formula is C28H37N3O4S. The zero-order valence-corrected chi connectivity index (χ0v) is 21.7. The maximum Gasteiger partial charge on any atom is 0.338 e. The van der Waals surface area contributed by atoms with Gasteiger partial charge in [0.1, 0.15) is 4.90 Å². The number of fused-ring (bicyclic) bond motifs is 1. The molecule has 7 nitrogen and oxygen atoms in total. The molecule has 3 N–H and O–H groups in total. The van der Waals surface area contributed by atoms with Gasteiger partial charge in [-0.2, -0.15) is 0 Å². The highest BCUT2D eigenvalue weighted by molar-refractivity contribution is 7.92. The smallest absolute Gasteiger partial charge is 0.338 e. The molecule has 5 rings (SSSR count). The molecule has 1 atom stereocenters. The molecule has 1 heterocycles. The predicted molar refractivity (Wildman–Crippen MR) is 142 cm³/mol. The first-order chi connectivity index (χ1) is 17.4. The van der Waals surface area contributed by atoms with Crippen LogP contribution in [-0.4, -0.2) is 49.6 Å². The van der Waals surface area contributed by atoms with Crippen LogP contribution < -0.4 is 10.0 Å². The first-order valence-electron chi connectivity index (χ1n) is 13.4. The summed E-state index contributed by atoms with van der Waals surface area (Å²) in [7, 11) is -3.99. The van der Waals surface area contributed by atoms with Crippen LogP contribution in [0.2, 0.25) is 0 Å². The van der Waals surface area contributed by atoms with E-state index in [1.165, 1.54) is 45.1 Å². The van der Waals surface area contributed by atoms with E-state index in [-0.39, 0.29) is 16.1 Å². The van der Waals surface area contributed by atoms with Crippen LogP contribution in [0.25, 0.3) is 0 Å². The number of carboxylic acids is 1. The molecule has 0 spiro atoms. The van der Waals surface area contributed by atoms with Crippen LogP contribution in [-0.2, 0) is 22.9 Å². The Morgan fingerprint density at radius 1 is 0.944 bits per heavy atom. The largest absolute Gasteiger partial charge is 0.478 e. The van der Waals surface area contributed by atoms with Gasteiger partial charge in [0.2, 0.25) is 0 Å². The van der Waals surface area contributed by atoms with E-state index in [4.69, 9.17) is 0 Å². The van der Waals surface area contributed by atoms with Crippen molar-refractivity contribution < 1.29 is 18.3 Å². The van der Waals surface area contributed by atoms with E-state index >= 15 is 0 Å². The first-order valence-corrected chi connectivity index (χ1v) is 14.9. The second-order valence-electron chi connectivity index (χ2n) is 10.4. The number of anilines is 2. The molecule has 0 aromatic heterocycles. The number of rotatable bonds is 9. The lowest BCUT2D eigenvalue weighted by Gasteiger charge is -2.45. The Labute approximate surface area is 214 Å². The summed E-state index contributed by atoms with van der Waals surface area (Å²) in [6.45, 7) is 1.87. The summed E-state index contributed by atoms with van der Waals surface area (Å²) in [5.74, 6) is -1.10. The van der Waals surface area contributed by atoms with Gasteiger partial charge in [0, 0.05) is 18.6 Å². The highest BCUT2D eigenvalue weighted by atomic mass is 32.2. The minimum atomic E-state index is -3.99. The Hall–Kier alpha value is -2.58. The van der Waals surface area contributed by atoms with Crippen LogP contribution in [0, 0.1) is 0 Å². The highest BCUT2D eigenvalue weighted by Gasteiger charge is 2.32. The molecule has 2 aromatic carbocycles. The van der Waals surface area contributed by atoms with E-state index in [2.05, 4.69) is 14.9 Å². The number of nitrogens with zero attached hydrogens (tertiary/aromatic N) is 1. The first kappa shape index (κ1) is 25.1. The Morgan fingerprint density at radius 2 is 1.75 bits per heavy atom. The average molecular weight is 512 g/mol. The number of sulfonamides is 1. The number of benzene rings is 2. The Bertz CT molecular complexity index is 1210. The van der Waals surface area contributed by atoms with E-state index < -0.39 is 16.0 Å². The van der Waals surface area contributed by atoms with Crippen molar-refractivity contribution >= 4 is 27.4 Å². The molecule has 1 saturated carbocycles. The Kier molecular flexibility index (Phi) is 7.53. The lowest BCUT2D eigenvalue weighted by atomic mass is 9.87. The van der Waals surface area contributed by atoms with E-state index in [0.717, 1.165) is 42.9 Å². The van der Waals surface area contributed by atoms with Crippen LogP contribution in [0.1, 0.15) is 79.3 Å².